The molecule has 0 aromatic carbocycles. The molecule has 0 aliphatic carbocycles. The van der Waals surface area contributed by atoms with Crippen molar-refractivity contribution in [3.63, 3.8) is 0 Å². The highest BCUT2D eigenvalue weighted by atomic mass is 127. The van der Waals surface area contributed by atoms with Crippen LogP contribution < -0.4 is 5.32 Å². The van der Waals surface area contributed by atoms with Gasteiger partial charge in [-0.25, -0.2) is 0 Å². The van der Waals surface area contributed by atoms with Crippen molar-refractivity contribution < 1.29 is 7.86 Å². The summed E-state index contributed by atoms with van der Waals surface area (Å²) in [5.41, 5.74) is 0. The van der Waals surface area contributed by atoms with Gasteiger partial charge in [0.15, 0.2) is 0 Å². The molecule has 0 unspecified atom stereocenters. The van der Waals surface area contributed by atoms with E-state index in [1.807, 2.05) is 4.90 Å². The number of piperazine rings is 1. The van der Waals surface area contributed by atoms with E-state index < -0.39 is 0 Å². The Kier molecular flexibility index (Phi) is 4.09. The van der Waals surface area contributed by atoms with Crippen molar-refractivity contribution in [2.45, 2.75) is 0 Å². The van der Waals surface area contributed by atoms with Crippen LogP contribution in [0.3, 0.4) is 0 Å². The highest BCUT2D eigenvalue weighted by Gasteiger charge is 2.15. The van der Waals surface area contributed by atoms with E-state index in [-0.39, 0.29) is 12.5 Å². The maximum absolute atomic E-state index is 11.2. The van der Waals surface area contributed by atoms with Crippen LogP contribution in [0.2, 0.25) is 0 Å². The highest BCUT2D eigenvalue weighted by molar-refractivity contribution is 14.1. The first kappa shape index (κ1) is 9.21. The van der Waals surface area contributed by atoms with Gasteiger partial charge in [0.25, 0.3) is 0 Å². The molecule has 1 rings (SSSR count). The molecule has 0 aromatic heterocycles. The Morgan fingerprint density at radius 3 is 2.73 bits per heavy atom. The summed E-state index contributed by atoms with van der Waals surface area (Å²) in [6.45, 7) is 3.60. The molecule has 64 valence electrons. The maximum atomic E-state index is 11.2. The van der Waals surface area contributed by atoms with E-state index in [2.05, 4.69) is 5.32 Å². The lowest BCUT2D eigenvalue weighted by molar-refractivity contribution is -0.133. The number of rotatable bonds is 2. The van der Waals surface area contributed by atoms with Gasteiger partial charge in [0.1, 0.15) is 29.6 Å². The number of halogens is 1. The fraction of sp³-hybridized carbons (Fsp3) is 0.833. The second-order valence-electron chi connectivity index (χ2n) is 2.38. The van der Waals surface area contributed by atoms with Crippen molar-refractivity contribution in [2.24, 2.45) is 0 Å². The third kappa shape index (κ3) is 2.92. The van der Waals surface area contributed by atoms with E-state index in [1.54, 1.807) is 23.0 Å². The first-order chi connectivity index (χ1) is 5.34. The molecule has 0 saturated carbocycles. The second kappa shape index (κ2) is 4.89. The van der Waals surface area contributed by atoms with Gasteiger partial charge in [0.05, 0.1) is 0 Å². The lowest BCUT2D eigenvalue weighted by atomic mass is 10.3. The van der Waals surface area contributed by atoms with Crippen molar-refractivity contribution in [3.8, 4) is 0 Å². The molecule has 0 atom stereocenters. The van der Waals surface area contributed by atoms with Crippen LogP contribution in [-0.4, -0.2) is 43.6 Å². The van der Waals surface area contributed by atoms with Gasteiger partial charge in [-0.2, -0.15) is 0 Å². The topological polar surface area (TPSA) is 41.6 Å². The molecule has 1 N–H and O–H groups in total. The molecule has 4 nitrogen and oxygen atoms in total. The standard InChI is InChI=1S/C6H11IN2O2/c7-11-5-6(10)9-3-1-8-2-4-9/h8H,1-5H2. The van der Waals surface area contributed by atoms with Gasteiger partial charge in [-0.05, 0) is 0 Å². The van der Waals surface area contributed by atoms with Crippen LogP contribution in [0.5, 0.6) is 0 Å². The quantitative estimate of drug-likeness (QED) is 0.706. The lowest BCUT2D eigenvalue weighted by Gasteiger charge is -2.26. The van der Waals surface area contributed by atoms with Crippen molar-refractivity contribution in [1.29, 1.82) is 0 Å². The van der Waals surface area contributed by atoms with E-state index in [0.717, 1.165) is 26.2 Å². The van der Waals surface area contributed by atoms with Crippen molar-refractivity contribution >= 4 is 28.9 Å². The third-order valence-corrected chi connectivity index (χ3v) is 1.96. The maximum Gasteiger partial charge on any atom is 0.249 e. The second-order valence-corrected chi connectivity index (χ2v) is 3.01. The number of nitrogens with one attached hydrogen (secondary N) is 1. The van der Waals surface area contributed by atoms with E-state index >= 15 is 0 Å². The summed E-state index contributed by atoms with van der Waals surface area (Å²) in [5, 5.41) is 3.18. The minimum absolute atomic E-state index is 0.0842. The average molecular weight is 270 g/mol. The first-order valence-corrected chi connectivity index (χ1v) is 4.44. The van der Waals surface area contributed by atoms with Crippen molar-refractivity contribution in [1.82, 2.24) is 10.2 Å². The molecule has 0 spiro atoms. The number of carbonyl (C=O) groups excluding carboxylic acids is 1. The normalized spacial score (nSPS) is 18.5. The SMILES string of the molecule is O=C(COI)N1CCNCC1. The molecule has 1 fully saturated rings. The predicted molar refractivity (Wildman–Crippen MR) is 49.4 cm³/mol. The number of hydrogen-bond donors (Lipinski definition) is 1. The number of carbonyl (C=O) groups is 1. The molecular weight excluding hydrogens is 259 g/mol. The van der Waals surface area contributed by atoms with E-state index in [1.165, 1.54) is 0 Å². The largest absolute Gasteiger partial charge is 0.338 e. The summed E-state index contributed by atoms with van der Waals surface area (Å²) < 4.78 is 4.72. The van der Waals surface area contributed by atoms with E-state index in [4.69, 9.17) is 3.07 Å². The van der Waals surface area contributed by atoms with Gasteiger partial charge in [-0.15, -0.1) is 0 Å². The van der Waals surface area contributed by atoms with Gasteiger partial charge >= 0.3 is 0 Å². The summed E-state index contributed by atoms with van der Waals surface area (Å²) in [6.07, 6.45) is 0. The molecule has 1 aliphatic rings. The summed E-state index contributed by atoms with van der Waals surface area (Å²) >= 11 is 1.74. The first-order valence-electron chi connectivity index (χ1n) is 3.56. The van der Waals surface area contributed by atoms with Crippen molar-refractivity contribution in [2.75, 3.05) is 32.8 Å². The zero-order valence-corrected chi connectivity index (χ0v) is 8.33. The van der Waals surface area contributed by atoms with Crippen LogP contribution in [0.1, 0.15) is 0 Å². The summed E-state index contributed by atoms with van der Waals surface area (Å²) in [5.74, 6) is 0.0842. The number of nitrogens with zero attached hydrogens (tertiary/aromatic N) is 1. The van der Waals surface area contributed by atoms with Crippen LogP contribution in [0, 0.1) is 0 Å². The molecule has 1 amide bonds. The summed E-state index contributed by atoms with van der Waals surface area (Å²) in [4.78, 5) is 13.0. The lowest BCUT2D eigenvalue weighted by Crippen LogP contribution is -2.47. The van der Waals surface area contributed by atoms with Crippen LogP contribution >= 0.6 is 23.0 Å². The van der Waals surface area contributed by atoms with Gasteiger partial charge in [-0.3, -0.25) is 4.79 Å². The average Bonchev–Trinajstić information content (AvgIpc) is 2.07. The molecule has 0 radical (unpaired) electrons. The minimum atomic E-state index is 0.0842. The Labute approximate surface area is 80.0 Å². The Balaban J connectivity index is 2.27. The van der Waals surface area contributed by atoms with E-state index in [0.29, 0.717) is 0 Å². The van der Waals surface area contributed by atoms with Crippen LogP contribution in [0.4, 0.5) is 0 Å². The minimum Gasteiger partial charge on any atom is -0.338 e. The Bertz CT molecular complexity index is 137. The van der Waals surface area contributed by atoms with Crippen LogP contribution in [0.15, 0.2) is 0 Å². The summed E-state index contributed by atoms with van der Waals surface area (Å²) in [7, 11) is 0. The fourth-order valence-corrected chi connectivity index (χ4v) is 1.32. The van der Waals surface area contributed by atoms with Gasteiger partial charge in [0.2, 0.25) is 5.91 Å². The molecular formula is C6H11IN2O2. The van der Waals surface area contributed by atoms with Gasteiger partial charge < -0.3 is 13.3 Å². The Hall–Kier alpha value is 0.120. The van der Waals surface area contributed by atoms with E-state index in [9.17, 15) is 4.79 Å². The highest BCUT2D eigenvalue weighted by Crippen LogP contribution is 1.95. The molecule has 5 heteroatoms. The van der Waals surface area contributed by atoms with Gasteiger partial charge in [-0.1, -0.05) is 0 Å². The molecule has 1 heterocycles. The monoisotopic (exact) mass is 270 g/mol. The molecule has 0 bridgehead atoms. The predicted octanol–water partition coefficient (Wildman–Crippen LogP) is -0.215. The third-order valence-electron chi connectivity index (χ3n) is 1.65. The van der Waals surface area contributed by atoms with Crippen molar-refractivity contribution in [3.05, 3.63) is 0 Å². The zero-order valence-electron chi connectivity index (χ0n) is 6.18. The molecule has 1 aliphatic heterocycles. The summed E-state index contributed by atoms with van der Waals surface area (Å²) in [6, 6.07) is 0. The Morgan fingerprint density at radius 2 is 2.18 bits per heavy atom. The number of amides is 1. The molecule has 0 aromatic rings. The number of hydrogen-bond acceptors (Lipinski definition) is 3. The Morgan fingerprint density at radius 1 is 1.55 bits per heavy atom. The fourth-order valence-electron chi connectivity index (χ4n) is 1.05. The molecule has 1 saturated heterocycles. The van der Waals surface area contributed by atoms with Gasteiger partial charge in [0, 0.05) is 26.2 Å². The smallest absolute Gasteiger partial charge is 0.249 e. The van der Waals surface area contributed by atoms with Crippen LogP contribution in [0.25, 0.3) is 0 Å². The molecule has 11 heavy (non-hydrogen) atoms. The zero-order chi connectivity index (χ0) is 8.10. The van der Waals surface area contributed by atoms with Crippen LogP contribution in [-0.2, 0) is 7.86 Å².